The third-order valence-corrected chi connectivity index (χ3v) is 8.61. The lowest BCUT2D eigenvalue weighted by Gasteiger charge is -2.32. The molecule has 0 aliphatic carbocycles. The normalized spacial score (nSPS) is 18.2. The summed E-state index contributed by atoms with van der Waals surface area (Å²) in [5, 5.41) is 10.4. The fraction of sp³-hybridized carbons (Fsp3) is 0.486. The summed E-state index contributed by atoms with van der Waals surface area (Å²) in [6, 6.07) is 16.7. The fourth-order valence-corrected chi connectivity index (χ4v) is 5.95. The zero-order chi connectivity index (χ0) is 35.2. The Balaban J connectivity index is 1.52. The monoisotopic (exact) mass is 675 g/mol. The minimum absolute atomic E-state index is 0.0666. The molecule has 0 radical (unpaired) electrons. The number of nitrogens with one attached hydrogen (secondary N) is 2. The van der Waals surface area contributed by atoms with E-state index >= 15 is 0 Å². The number of benzene rings is 2. The predicted molar refractivity (Wildman–Crippen MR) is 184 cm³/mol. The van der Waals surface area contributed by atoms with Gasteiger partial charge in [0.25, 0.3) is 11.8 Å². The van der Waals surface area contributed by atoms with Crippen molar-refractivity contribution in [2.45, 2.75) is 59.4 Å². The van der Waals surface area contributed by atoms with Crippen LogP contribution >= 0.6 is 0 Å². The van der Waals surface area contributed by atoms with Gasteiger partial charge in [0, 0.05) is 57.6 Å². The zero-order valence-corrected chi connectivity index (χ0v) is 29.1. The highest BCUT2D eigenvalue weighted by Gasteiger charge is 2.40. The van der Waals surface area contributed by atoms with E-state index in [0.29, 0.717) is 69.8 Å². The number of hydrogen-bond donors (Lipinski definition) is 2. The first kappa shape index (κ1) is 37.1. The molecule has 0 saturated carbocycles. The van der Waals surface area contributed by atoms with Crippen molar-refractivity contribution < 1.29 is 33.4 Å². The van der Waals surface area contributed by atoms with Gasteiger partial charge in [-0.25, -0.2) is 0 Å². The summed E-state index contributed by atoms with van der Waals surface area (Å²) < 4.78 is 18.4. The highest BCUT2D eigenvalue weighted by atomic mass is 16.5. The molecule has 3 heterocycles. The molecule has 1 unspecified atom stereocenters. The lowest BCUT2D eigenvalue weighted by atomic mass is 9.78. The maximum absolute atomic E-state index is 13.8. The van der Waals surface area contributed by atoms with Crippen molar-refractivity contribution in [2.24, 2.45) is 5.41 Å². The predicted octanol–water partition coefficient (Wildman–Crippen LogP) is 3.61. The quantitative estimate of drug-likeness (QED) is 0.345. The lowest BCUT2D eigenvalue weighted by Crippen LogP contribution is -2.46. The number of hydrogen-bond acceptors (Lipinski definition) is 8. The standard InChI is InChI=1S/C37H49N5O7/c1-5-48-36(46)37(16-20-47-4)23-29-12-14-32(15-13-29)49-25-34(44)38-17-8-19-41(18-7-11-33(43)39-26-37)35(45)31-10-6-9-30(22-31)24-42-28(3)21-27(2)40-42/h6,9-10,12-15,21-22H,5,7-8,11,16-20,23-26H2,1-4H3,(H,38,44)(H,39,43). The number of rotatable bonds is 8. The van der Waals surface area contributed by atoms with Crippen molar-refractivity contribution in [3.8, 4) is 5.75 Å². The van der Waals surface area contributed by atoms with E-state index < -0.39 is 11.4 Å². The number of aryl methyl sites for hydroxylation is 2. The first-order valence-electron chi connectivity index (χ1n) is 16.9. The minimum Gasteiger partial charge on any atom is -0.484 e. The van der Waals surface area contributed by atoms with Crippen LogP contribution in [0.25, 0.3) is 0 Å². The molecule has 2 aliphatic rings. The Morgan fingerprint density at radius 2 is 1.78 bits per heavy atom. The number of esters is 1. The van der Waals surface area contributed by atoms with Crippen LogP contribution in [-0.4, -0.2) is 91.5 Å². The number of amides is 3. The molecule has 0 saturated heterocycles. The van der Waals surface area contributed by atoms with Gasteiger partial charge >= 0.3 is 5.97 Å². The van der Waals surface area contributed by atoms with Crippen molar-refractivity contribution >= 4 is 23.7 Å². The summed E-state index contributed by atoms with van der Waals surface area (Å²) in [4.78, 5) is 54.7. The number of ether oxygens (including phenoxy) is 3. The van der Waals surface area contributed by atoms with Crippen LogP contribution in [0.2, 0.25) is 0 Å². The number of methoxy groups -OCH3 is 1. The molecule has 12 heteroatoms. The molecule has 1 atom stereocenters. The van der Waals surface area contributed by atoms with Crippen LogP contribution in [0.3, 0.4) is 0 Å². The molecule has 49 heavy (non-hydrogen) atoms. The summed E-state index contributed by atoms with van der Waals surface area (Å²) in [5.41, 5.74) is 3.24. The average molecular weight is 676 g/mol. The second-order valence-electron chi connectivity index (χ2n) is 12.5. The van der Waals surface area contributed by atoms with E-state index in [0.717, 1.165) is 22.5 Å². The van der Waals surface area contributed by atoms with Crippen LogP contribution in [0.4, 0.5) is 0 Å². The molecule has 3 aromatic rings. The average Bonchev–Trinajstić information content (AvgIpc) is 3.41. The van der Waals surface area contributed by atoms with Gasteiger partial charge in [-0.2, -0.15) is 5.10 Å². The lowest BCUT2D eigenvalue weighted by molar-refractivity contribution is -0.156. The molecule has 0 fully saturated rings. The summed E-state index contributed by atoms with van der Waals surface area (Å²) in [5.74, 6) is -0.557. The molecule has 2 N–H and O–H groups in total. The van der Waals surface area contributed by atoms with E-state index in [9.17, 15) is 19.2 Å². The van der Waals surface area contributed by atoms with Crippen LogP contribution in [0.5, 0.6) is 5.75 Å². The second kappa shape index (κ2) is 18.2. The van der Waals surface area contributed by atoms with Crippen LogP contribution in [-0.2, 0) is 36.8 Å². The first-order chi connectivity index (χ1) is 23.6. The Hall–Kier alpha value is -4.71. The molecule has 3 amide bonds. The van der Waals surface area contributed by atoms with E-state index in [1.54, 1.807) is 37.1 Å². The molecule has 12 nitrogen and oxygen atoms in total. The maximum Gasteiger partial charge on any atom is 0.314 e. The summed E-state index contributed by atoms with van der Waals surface area (Å²) in [6.45, 7) is 7.72. The Kier molecular flexibility index (Phi) is 13.8. The van der Waals surface area contributed by atoms with Gasteiger partial charge in [0.15, 0.2) is 6.61 Å². The first-order valence-corrected chi connectivity index (χ1v) is 16.9. The highest BCUT2D eigenvalue weighted by molar-refractivity contribution is 5.94. The number of carbonyl (C=O) groups is 4. The van der Waals surface area contributed by atoms with E-state index in [2.05, 4.69) is 15.7 Å². The third-order valence-electron chi connectivity index (χ3n) is 8.61. The number of carbonyl (C=O) groups excluding carboxylic acids is 4. The topological polar surface area (TPSA) is 141 Å². The SMILES string of the molecule is CCOC(=O)C1(CCOC)CNC(=O)CCCN(C(=O)c2cccc(Cn3nc(C)cc3C)c2)CCCNC(=O)COc2ccc(cc2)C1. The number of nitrogens with zero attached hydrogens (tertiary/aromatic N) is 3. The van der Waals surface area contributed by atoms with Crippen molar-refractivity contribution in [1.29, 1.82) is 0 Å². The number of aromatic nitrogens is 2. The van der Waals surface area contributed by atoms with Gasteiger partial charge < -0.3 is 29.7 Å². The minimum atomic E-state index is -1.06. The molecule has 2 aromatic carbocycles. The number of fused-ring (bicyclic) bond motifs is 17. The van der Waals surface area contributed by atoms with Gasteiger partial charge in [0.05, 0.1) is 24.3 Å². The van der Waals surface area contributed by atoms with Gasteiger partial charge in [0.1, 0.15) is 5.75 Å². The van der Waals surface area contributed by atoms with E-state index in [4.69, 9.17) is 14.2 Å². The van der Waals surface area contributed by atoms with Crippen molar-refractivity contribution in [3.63, 3.8) is 0 Å². The Labute approximate surface area is 288 Å². The summed E-state index contributed by atoms with van der Waals surface area (Å²) >= 11 is 0. The molecule has 2 aliphatic heterocycles. The van der Waals surface area contributed by atoms with Crippen LogP contribution in [0, 0.1) is 19.3 Å². The molecule has 5 rings (SSSR count). The van der Waals surface area contributed by atoms with Crippen molar-refractivity contribution in [1.82, 2.24) is 25.3 Å². The summed E-state index contributed by atoms with van der Waals surface area (Å²) in [7, 11) is 1.57. The van der Waals surface area contributed by atoms with Gasteiger partial charge in [-0.15, -0.1) is 0 Å². The Bertz CT molecular complexity index is 1570. The zero-order valence-electron chi connectivity index (χ0n) is 29.1. The van der Waals surface area contributed by atoms with E-state index in [1.165, 1.54) is 0 Å². The van der Waals surface area contributed by atoms with Gasteiger partial charge in [-0.05, 0) is 87.9 Å². The Morgan fingerprint density at radius 3 is 2.49 bits per heavy atom. The van der Waals surface area contributed by atoms with Crippen LogP contribution in [0.15, 0.2) is 54.6 Å². The second-order valence-corrected chi connectivity index (χ2v) is 12.5. The van der Waals surface area contributed by atoms with Crippen LogP contribution in [0.1, 0.15) is 65.5 Å². The highest BCUT2D eigenvalue weighted by Crippen LogP contribution is 2.30. The molecular weight excluding hydrogens is 626 g/mol. The molecular formula is C37H49N5O7. The fourth-order valence-electron chi connectivity index (χ4n) is 5.95. The van der Waals surface area contributed by atoms with Crippen molar-refractivity contribution in [3.05, 3.63) is 82.7 Å². The maximum atomic E-state index is 13.8. The largest absolute Gasteiger partial charge is 0.484 e. The van der Waals surface area contributed by atoms with Gasteiger partial charge in [-0.1, -0.05) is 24.3 Å². The van der Waals surface area contributed by atoms with Crippen LogP contribution < -0.4 is 15.4 Å². The van der Waals surface area contributed by atoms with Gasteiger partial charge in [-0.3, -0.25) is 23.9 Å². The smallest absolute Gasteiger partial charge is 0.314 e. The summed E-state index contributed by atoms with van der Waals surface area (Å²) in [6.07, 6.45) is 1.73. The van der Waals surface area contributed by atoms with Gasteiger partial charge in [0.2, 0.25) is 5.91 Å². The Morgan fingerprint density at radius 1 is 1.00 bits per heavy atom. The van der Waals surface area contributed by atoms with E-state index in [1.807, 2.05) is 54.9 Å². The molecule has 0 spiro atoms. The van der Waals surface area contributed by atoms with E-state index in [-0.39, 0.29) is 43.9 Å². The molecule has 264 valence electrons. The van der Waals surface area contributed by atoms with Crippen molar-refractivity contribution in [2.75, 3.05) is 53.1 Å². The third kappa shape index (κ3) is 10.9. The molecule has 2 bridgehead atoms. The molecule has 1 aromatic heterocycles.